The van der Waals surface area contributed by atoms with E-state index in [9.17, 15) is 0 Å². The largest absolute Gasteiger partial charge is 0.313 e. The zero-order valence-electron chi connectivity index (χ0n) is 9.04. The lowest BCUT2D eigenvalue weighted by Crippen LogP contribution is -2.37. The van der Waals surface area contributed by atoms with Crippen LogP contribution in [-0.2, 0) is 6.54 Å². The first-order valence-electron chi connectivity index (χ1n) is 5.76. The number of aromatic nitrogens is 1. The van der Waals surface area contributed by atoms with Crippen LogP contribution in [0.2, 0.25) is 0 Å². The van der Waals surface area contributed by atoms with Gasteiger partial charge in [0.15, 0.2) is 0 Å². The Kier molecular flexibility index (Phi) is 4.57. The van der Waals surface area contributed by atoms with Crippen molar-refractivity contribution in [3.05, 3.63) is 16.6 Å². The molecule has 3 nitrogen and oxygen atoms in total. The molecular formula is C11H19N3S. The van der Waals surface area contributed by atoms with Crippen molar-refractivity contribution in [1.82, 2.24) is 15.6 Å². The molecule has 4 heteroatoms. The maximum absolute atomic E-state index is 4.07. The normalized spacial score (nSPS) is 22.5. The summed E-state index contributed by atoms with van der Waals surface area (Å²) in [6.45, 7) is 3.23. The number of nitrogens with one attached hydrogen (secondary N) is 2. The Morgan fingerprint density at radius 2 is 2.47 bits per heavy atom. The van der Waals surface area contributed by atoms with Crippen molar-refractivity contribution in [2.75, 3.05) is 13.1 Å². The molecule has 0 spiro atoms. The van der Waals surface area contributed by atoms with Gasteiger partial charge in [0.05, 0.1) is 5.51 Å². The van der Waals surface area contributed by atoms with Gasteiger partial charge in [-0.05, 0) is 19.4 Å². The lowest BCUT2D eigenvalue weighted by atomic mass is 10.1. The van der Waals surface area contributed by atoms with E-state index in [4.69, 9.17) is 0 Å². The van der Waals surface area contributed by atoms with Gasteiger partial charge in [0.25, 0.3) is 0 Å². The SMILES string of the molecule is c1ncc(CNCC2CCCCCN2)s1. The van der Waals surface area contributed by atoms with Gasteiger partial charge in [-0.2, -0.15) is 0 Å². The first kappa shape index (κ1) is 11.0. The standard InChI is InChI=1S/C11H19N3S/c1-2-4-10(14-5-3-1)6-12-7-11-8-13-9-15-11/h8-10,12,14H,1-7H2. The lowest BCUT2D eigenvalue weighted by molar-refractivity contribution is 0.471. The third-order valence-corrected chi connectivity index (χ3v) is 3.62. The van der Waals surface area contributed by atoms with Crippen LogP contribution in [0, 0.1) is 0 Å². The molecule has 1 aliphatic rings. The van der Waals surface area contributed by atoms with E-state index >= 15 is 0 Å². The number of nitrogens with zero attached hydrogens (tertiary/aromatic N) is 1. The predicted octanol–water partition coefficient (Wildman–Crippen LogP) is 1.76. The van der Waals surface area contributed by atoms with E-state index in [1.54, 1.807) is 11.3 Å². The first-order chi connectivity index (χ1) is 7.45. The molecule has 1 aromatic rings. The molecule has 0 amide bonds. The molecule has 2 heterocycles. The van der Waals surface area contributed by atoms with Crippen LogP contribution >= 0.6 is 11.3 Å². The number of rotatable bonds is 4. The van der Waals surface area contributed by atoms with Gasteiger partial charge in [0.1, 0.15) is 0 Å². The zero-order chi connectivity index (χ0) is 10.3. The molecule has 2 N–H and O–H groups in total. The van der Waals surface area contributed by atoms with Crippen LogP contribution in [-0.4, -0.2) is 24.1 Å². The summed E-state index contributed by atoms with van der Waals surface area (Å²) in [7, 11) is 0. The van der Waals surface area contributed by atoms with Gasteiger partial charge in [-0.1, -0.05) is 12.8 Å². The van der Waals surface area contributed by atoms with Gasteiger partial charge >= 0.3 is 0 Å². The van der Waals surface area contributed by atoms with E-state index in [-0.39, 0.29) is 0 Å². The van der Waals surface area contributed by atoms with Gasteiger partial charge in [0, 0.05) is 30.2 Å². The van der Waals surface area contributed by atoms with E-state index in [0.29, 0.717) is 6.04 Å². The zero-order valence-corrected chi connectivity index (χ0v) is 9.85. The highest BCUT2D eigenvalue weighted by Crippen LogP contribution is 2.08. The second-order valence-corrected chi connectivity index (χ2v) is 5.07. The second-order valence-electron chi connectivity index (χ2n) is 4.10. The Bertz CT molecular complexity index is 253. The first-order valence-corrected chi connectivity index (χ1v) is 6.64. The molecule has 84 valence electrons. The highest BCUT2D eigenvalue weighted by molar-refractivity contribution is 7.09. The minimum absolute atomic E-state index is 0.667. The Morgan fingerprint density at radius 1 is 1.47 bits per heavy atom. The van der Waals surface area contributed by atoms with E-state index in [0.717, 1.165) is 13.1 Å². The number of thiazole rings is 1. The lowest BCUT2D eigenvalue weighted by Gasteiger charge is -2.15. The van der Waals surface area contributed by atoms with E-state index < -0.39 is 0 Å². The van der Waals surface area contributed by atoms with Crippen molar-refractivity contribution in [1.29, 1.82) is 0 Å². The van der Waals surface area contributed by atoms with Gasteiger partial charge < -0.3 is 10.6 Å². The van der Waals surface area contributed by atoms with Crippen molar-refractivity contribution >= 4 is 11.3 Å². The summed E-state index contributed by atoms with van der Waals surface area (Å²) >= 11 is 1.72. The number of hydrogen-bond acceptors (Lipinski definition) is 4. The van der Waals surface area contributed by atoms with Crippen LogP contribution in [0.4, 0.5) is 0 Å². The molecule has 0 aromatic carbocycles. The van der Waals surface area contributed by atoms with E-state index in [1.165, 1.54) is 37.1 Å². The summed E-state index contributed by atoms with van der Waals surface area (Å²) in [6.07, 6.45) is 7.36. The van der Waals surface area contributed by atoms with Crippen molar-refractivity contribution < 1.29 is 0 Å². The summed E-state index contributed by atoms with van der Waals surface area (Å²) in [5.41, 5.74) is 1.89. The van der Waals surface area contributed by atoms with Gasteiger partial charge in [-0.25, -0.2) is 0 Å². The summed E-state index contributed by atoms with van der Waals surface area (Å²) in [4.78, 5) is 5.39. The van der Waals surface area contributed by atoms with Gasteiger partial charge in [-0.15, -0.1) is 11.3 Å². The second kappa shape index (κ2) is 6.20. The van der Waals surface area contributed by atoms with Crippen molar-refractivity contribution in [2.24, 2.45) is 0 Å². The quantitative estimate of drug-likeness (QED) is 0.820. The van der Waals surface area contributed by atoms with Crippen molar-refractivity contribution in [2.45, 2.75) is 38.3 Å². The third-order valence-electron chi connectivity index (χ3n) is 2.84. The highest BCUT2D eigenvalue weighted by atomic mass is 32.1. The van der Waals surface area contributed by atoms with E-state index in [1.807, 2.05) is 11.7 Å². The van der Waals surface area contributed by atoms with Crippen LogP contribution in [0.25, 0.3) is 0 Å². The van der Waals surface area contributed by atoms with Crippen LogP contribution in [0.1, 0.15) is 30.6 Å². The number of hydrogen-bond donors (Lipinski definition) is 2. The molecule has 0 bridgehead atoms. The summed E-state index contributed by atoms with van der Waals surface area (Å²) in [6, 6.07) is 0.667. The molecule has 1 aliphatic heterocycles. The Morgan fingerprint density at radius 3 is 3.33 bits per heavy atom. The summed E-state index contributed by atoms with van der Waals surface area (Å²) in [5, 5.41) is 7.08. The third kappa shape index (κ3) is 3.89. The van der Waals surface area contributed by atoms with Crippen LogP contribution < -0.4 is 10.6 Å². The Labute approximate surface area is 95.3 Å². The van der Waals surface area contributed by atoms with Crippen LogP contribution in [0.3, 0.4) is 0 Å². The molecule has 1 unspecified atom stereocenters. The monoisotopic (exact) mass is 225 g/mol. The van der Waals surface area contributed by atoms with E-state index in [2.05, 4.69) is 15.6 Å². The molecular weight excluding hydrogens is 206 g/mol. The Balaban J connectivity index is 1.64. The maximum Gasteiger partial charge on any atom is 0.0794 e. The molecule has 0 saturated carbocycles. The molecule has 2 rings (SSSR count). The van der Waals surface area contributed by atoms with Crippen LogP contribution in [0.15, 0.2) is 11.7 Å². The fraction of sp³-hybridized carbons (Fsp3) is 0.727. The van der Waals surface area contributed by atoms with Crippen molar-refractivity contribution in [3.8, 4) is 0 Å². The molecule has 0 aliphatic carbocycles. The van der Waals surface area contributed by atoms with Crippen LogP contribution in [0.5, 0.6) is 0 Å². The molecule has 1 atom stereocenters. The molecule has 1 aromatic heterocycles. The topological polar surface area (TPSA) is 37.0 Å². The average Bonchev–Trinajstić information content (AvgIpc) is 2.62. The Hall–Kier alpha value is -0.450. The minimum Gasteiger partial charge on any atom is -0.313 e. The molecule has 0 radical (unpaired) electrons. The smallest absolute Gasteiger partial charge is 0.0794 e. The van der Waals surface area contributed by atoms with Gasteiger partial charge in [-0.3, -0.25) is 4.98 Å². The summed E-state index contributed by atoms with van der Waals surface area (Å²) in [5.74, 6) is 0. The fourth-order valence-electron chi connectivity index (χ4n) is 1.97. The average molecular weight is 225 g/mol. The molecule has 1 fully saturated rings. The maximum atomic E-state index is 4.07. The van der Waals surface area contributed by atoms with Crippen molar-refractivity contribution in [3.63, 3.8) is 0 Å². The minimum atomic E-state index is 0.667. The predicted molar refractivity (Wildman–Crippen MR) is 64.1 cm³/mol. The highest BCUT2D eigenvalue weighted by Gasteiger charge is 2.10. The molecule has 1 saturated heterocycles. The fourth-order valence-corrected chi connectivity index (χ4v) is 2.54. The molecule has 15 heavy (non-hydrogen) atoms. The summed E-state index contributed by atoms with van der Waals surface area (Å²) < 4.78 is 0. The van der Waals surface area contributed by atoms with Gasteiger partial charge in [0.2, 0.25) is 0 Å².